The van der Waals surface area contributed by atoms with E-state index in [-0.39, 0.29) is 0 Å². The molecule has 1 heterocycles. The van der Waals surface area contributed by atoms with Crippen molar-refractivity contribution in [3.05, 3.63) is 41.1 Å². The highest BCUT2D eigenvalue weighted by Gasteiger charge is 2.20. The van der Waals surface area contributed by atoms with Gasteiger partial charge in [0.25, 0.3) is 0 Å². The zero-order valence-corrected chi connectivity index (χ0v) is 10.0. The van der Waals surface area contributed by atoms with Crippen LogP contribution in [0.2, 0.25) is 19.6 Å². The number of ether oxygens (including phenoxy) is 1. The first-order valence-corrected chi connectivity index (χ1v) is 8.58. The molecular weight excluding hydrogens is 188 g/mol. The molecule has 0 unspecified atom stereocenters. The molecule has 0 N–H and O–H groups in total. The lowest BCUT2D eigenvalue weighted by molar-refractivity contribution is 0.286. The highest BCUT2D eigenvalue weighted by atomic mass is 28.3. The summed E-state index contributed by atoms with van der Waals surface area (Å²) in [6.45, 7) is 7.71. The second-order valence-electron chi connectivity index (χ2n) is 4.82. The van der Waals surface area contributed by atoms with Gasteiger partial charge in [-0.1, -0.05) is 49.6 Å². The summed E-state index contributed by atoms with van der Waals surface area (Å²) < 4.78 is 5.70. The minimum atomic E-state index is -1.18. The van der Waals surface area contributed by atoms with Crippen LogP contribution in [0.1, 0.15) is 11.1 Å². The second-order valence-corrected chi connectivity index (χ2v) is 9.84. The minimum Gasteiger partial charge on any atom is -0.489 e. The lowest BCUT2D eigenvalue weighted by Gasteiger charge is -2.11. The first kappa shape index (κ1) is 9.53. The summed E-state index contributed by atoms with van der Waals surface area (Å²) in [5, 5.41) is 0. The van der Waals surface area contributed by atoms with Crippen LogP contribution in [0.5, 0.6) is 0 Å². The van der Waals surface area contributed by atoms with Gasteiger partial charge in [0, 0.05) is 11.1 Å². The van der Waals surface area contributed by atoms with E-state index < -0.39 is 8.07 Å². The Hall–Kier alpha value is -1.02. The SMILES string of the molecule is C[Si](C)(C)/C=C1\OCc2ccccc21. The molecule has 14 heavy (non-hydrogen) atoms. The third-order valence-electron chi connectivity index (χ3n) is 2.23. The summed E-state index contributed by atoms with van der Waals surface area (Å²) in [5.74, 6) is 1.10. The van der Waals surface area contributed by atoms with Crippen molar-refractivity contribution in [1.82, 2.24) is 0 Å². The van der Waals surface area contributed by atoms with Crippen molar-refractivity contribution in [3.63, 3.8) is 0 Å². The molecule has 0 spiro atoms. The van der Waals surface area contributed by atoms with E-state index in [1.54, 1.807) is 0 Å². The lowest BCUT2D eigenvalue weighted by atomic mass is 10.1. The predicted molar refractivity (Wildman–Crippen MR) is 62.6 cm³/mol. The van der Waals surface area contributed by atoms with E-state index in [0.29, 0.717) is 0 Å². The fourth-order valence-corrected chi connectivity index (χ4v) is 2.66. The third-order valence-corrected chi connectivity index (χ3v) is 3.36. The van der Waals surface area contributed by atoms with E-state index in [0.717, 1.165) is 12.4 Å². The van der Waals surface area contributed by atoms with Gasteiger partial charge in [0.2, 0.25) is 0 Å². The molecule has 74 valence electrons. The Morgan fingerprint density at radius 3 is 2.64 bits per heavy atom. The molecule has 0 saturated heterocycles. The molecule has 0 aromatic heterocycles. The number of hydrogen-bond donors (Lipinski definition) is 0. The van der Waals surface area contributed by atoms with Crippen molar-refractivity contribution in [3.8, 4) is 0 Å². The minimum absolute atomic E-state index is 0.743. The van der Waals surface area contributed by atoms with Gasteiger partial charge in [-0.05, 0) is 0 Å². The van der Waals surface area contributed by atoms with Gasteiger partial charge in [0.1, 0.15) is 12.4 Å². The average molecular weight is 204 g/mol. The van der Waals surface area contributed by atoms with Crippen molar-refractivity contribution < 1.29 is 4.74 Å². The van der Waals surface area contributed by atoms with Gasteiger partial charge in [-0.2, -0.15) is 0 Å². The lowest BCUT2D eigenvalue weighted by Crippen LogP contribution is -2.16. The van der Waals surface area contributed by atoms with Gasteiger partial charge in [0.15, 0.2) is 0 Å². The number of rotatable bonds is 1. The van der Waals surface area contributed by atoms with Crippen molar-refractivity contribution in [2.45, 2.75) is 26.2 Å². The zero-order chi connectivity index (χ0) is 10.2. The van der Waals surface area contributed by atoms with Crippen LogP contribution in [0.4, 0.5) is 0 Å². The van der Waals surface area contributed by atoms with Gasteiger partial charge in [-0.3, -0.25) is 0 Å². The number of hydrogen-bond acceptors (Lipinski definition) is 1. The smallest absolute Gasteiger partial charge is 0.119 e. The monoisotopic (exact) mass is 204 g/mol. The third kappa shape index (κ3) is 1.90. The number of benzene rings is 1. The molecule has 0 bridgehead atoms. The summed E-state index contributed by atoms with van der Waals surface area (Å²) in [6.07, 6.45) is 0. The van der Waals surface area contributed by atoms with Gasteiger partial charge >= 0.3 is 0 Å². The van der Waals surface area contributed by atoms with Crippen LogP contribution in [0.25, 0.3) is 5.76 Å². The quantitative estimate of drug-likeness (QED) is 0.637. The van der Waals surface area contributed by atoms with Gasteiger partial charge < -0.3 is 4.74 Å². The summed E-state index contributed by atoms with van der Waals surface area (Å²) in [6, 6.07) is 8.43. The van der Waals surface area contributed by atoms with Gasteiger partial charge in [-0.25, -0.2) is 0 Å². The standard InChI is InChI=1S/C12H16OSi/c1-14(2,3)9-12-11-7-5-4-6-10(11)8-13-12/h4-7,9H,8H2,1-3H3/b12-9-. The number of fused-ring (bicyclic) bond motifs is 1. The van der Waals surface area contributed by atoms with Crippen molar-refractivity contribution in [1.29, 1.82) is 0 Å². The molecule has 0 aliphatic carbocycles. The predicted octanol–water partition coefficient (Wildman–Crippen LogP) is 3.44. The highest BCUT2D eigenvalue weighted by molar-refractivity contribution is 6.81. The van der Waals surface area contributed by atoms with Crippen LogP contribution in [0.15, 0.2) is 30.0 Å². The molecule has 0 radical (unpaired) electrons. The first-order valence-electron chi connectivity index (χ1n) is 5.00. The van der Waals surface area contributed by atoms with E-state index in [1.165, 1.54) is 11.1 Å². The van der Waals surface area contributed by atoms with Crippen molar-refractivity contribution >= 4 is 13.8 Å². The summed E-state index contributed by atoms with van der Waals surface area (Å²) >= 11 is 0. The van der Waals surface area contributed by atoms with E-state index in [1.807, 2.05) is 0 Å². The Morgan fingerprint density at radius 2 is 1.93 bits per heavy atom. The highest BCUT2D eigenvalue weighted by Crippen LogP contribution is 2.30. The van der Waals surface area contributed by atoms with E-state index >= 15 is 0 Å². The van der Waals surface area contributed by atoms with Crippen LogP contribution in [0.3, 0.4) is 0 Å². The Balaban J connectivity index is 2.40. The molecule has 0 atom stereocenters. The molecular formula is C12H16OSi. The van der Waals surface area contributed by atoms with Crippen molar-refractivity contribution in [2.75, 3.05) is 0 Å². The van der Waals surface area contributed by atoms with Crippen LogP contribution in [-0.2, 0) is 11.3 Å². The summed E-state index contributed by atoms with van der Waals surface area (Å²) in [5.41, 5.74) is 4.94. The Bertz CT molecular complexity index is 374. The van der Waals surface area contributed by atoms with Crippen LogP contribution in [0, 0.1) is 0 Å². The van der Waals surface area contributed by atoms with Crippen LogP contribution in [-0.4, -0.2) is 8.07 Å². The summed E-state index contributed by atoms with van der Waals surface area (Å²) in [4.78, 5) is 0. The Kier molecular flexibility index (Phi) is 2.23. The van der Waals surface area contributed by atoms with Crippen molar-refractivity contribution in [2.24, 2.45) is 0 Å². The maximum absolute atomic E-state index is 5.70. The molecule has 1 aliphatic rings. The maximum atomic E-state index is 5.70. The van der Waals surface area contributed by atoms with Gasteiger partial charge in [0.05, 0.1) is 8.07 Å². The molecule has 2 rings (SSSR count). The largest absolute Gasteiger partial charge is 0.489 e. The molecule has 1 aliphatic heterocycles. The fourth-order valence-electron chi connectivity index (χ4n) is 1.63. The Morgan fingerprint density at radius 1 is 1.21 bits per heavy atom. The average Bonchev–Trinajstić information content (AvgIpc) is 2.47. The zero-order valence-electron chi connectivity index (χ0n) is 9.00. The van der Waals surface area contributed by atoms with E-state index in [4.69, 9.17) is 4.74 Å². The molecule has 0 amide bonds. The molecule has 2 heteroatoms. The maximum Gasteiger partial charge on any atom is 0.119 e. The molecule has 1 aromatic carbocycles. The van der Waals surface area contributed by atoms with E-state index in [9.17, 15) is 0 Å². The molecule has 1 nitrogen and oxygen atoms in total. The molecule has 0 saturated carbocycles. The molecule has 0 fully saturated rings. The second kappa shape index (κ2) is 3.28. The topological polar surface area (TPSA) is 9.23 Å². The van der Waals surface area contributed by atoms with Crippen LogP contribution >= 0.6 is 0 Å². The summed E-state index contributed by atoms with van der Waals surface area (Å²) in [7, 11) is -1.18. The van der Waals surface area contributed by atoms with Gasteiger partial charge in [-0.15, -0.1) is 0 Å². The normalized spacial score (nSPS) is 18.1. The Labute approximate surface area is 86.4 Å². The molecule has 1 aromatic rings. The van der Waals surface area contributed by atoms with Crippen LogP contribution < -0.4 is 0 Å². The first-order chi connectivity index (χ1) is 6.56. The van der Waals surface area contributed by atoms with E-state index in [2.05, 4.69) is 49.6 Å². The fraction of sp³-hybridized carbons (Fsp3) is 0.333.